The molecule has 0 saturated carbocycles. The molecule has 1 fully saturated rings. The SMILES string of the molecule is O=S(=O)(c1cc(Br)ccc1Br)N1CCC(Br)C1. The quantitative estimate of drug-likeness (QED) is 0.652. The van der Waals surface area contributed by atoms with Crippen LogP contribution in [0.3, 0.4) is 0 Å². The highest BCUT2D eigenvalue weighted by Crippen LogP contribution is 2.31. The van der Waals surface area contributed by atoms with Crippen LogP contribution >= 0.6 is 47.8 Å². The Morgan fingerprint density at radius 1 is 1.29 bits per heavy atom. The third kappa shape index (κ3) is 2.94. The van der Waals surface area contributed by atoms with Crippen molar-refractivity contribution in [2.24, 2.45) is 0 Å². The number of nitrogens with zero attached hydrogens (tertiary/aromatic N) is 1. The van der Waals surface area contributed by atoms with Crippen molar-refractivity contribution in [3.05, 3.63) is 27.1 Å². The van der Waals surface area contributed by atoms with E-state index in [4.69, 9.17) is 0 Å². The Morgan fingerprint density at radius 3 is 2.59 bits per heavy atom. The van der Waals surface area contributed by atoms with Crippen LogP contribution in [-0.4, -0.2) is 30.6 Å². The summed E-state index contributed by atoms with van der Waals surface area (Å²) in [5.41, 5.74) is 0. The Hall–Kier alpha value is 0.570. The summed E-state index contributed by atoms with van der Waals surface area (Å²) in [4.78, 5) is 0.566. The topological polar surface area (TPSA) is 37.4 Å². The van der Waals surface area contributed by atoms with Crippen molar-refractivity contribution in [2.45, 2.75) is 16.1 Å². The summed E-state index contributed by atoms with van der Waals surface area (Å²) in [6.07, 6.45) is 0.852. The smallest absolute Gasteiger partial charge is 0.207 e. The molecule has 1 unspecified atom stereocenters. The molecule has 94 valence electrons. The van der Waals surface area contributed by atoms with Gasteiger partial charge in [0.25, 0.3) is 0 Å². The van der Waals surface area contributed by atoms with Crippen molar-refractivity contribution in [3.8, 4) is 0 Å². The van der Waals surface area contributed by atoms with Crippen molar-refractivity contribution in [3.63, 3.8) is 0 Å². The largest absolute Gasteiger partial charge is 0.244 e. The first kappa shape index (κ1) is 14.0. The summed E-state index contributed by atoms with van der Waals surface area (Å²) in [7, 11) is -3.40. The lowest BCUT2D eigenvalue weighted by atomic mass is 10.4. The van der Waals surface area contributed by atoms with Crippen molar-refractivity contribution in [1.82, 2.24) is 4.31 Å². The van der Waals surface area contributed by atoms with Crippen molar-refractivity contribution < 1.29 is 8.42 Å². The van der Waals surface area contributed by atoms with Crippen LogP contribution < -0.4 is 0 Å². The third-order valence-electron chi connectivity index (χ3n) is 2.60. The summed E-state index contributed by atoms with van der Waals surface area (Å²) in [6.45, 7) is 1.10. The number of sulfonamides is 1. The summed E-state index contributed by atoms with van der Waals surface area (Å²) >= 11 is 10.0. The van der Waals surface area contributed by atoms with E-state index >= 15 is 0 Å². The first-order chi connectivity index (χ1) is 7.91. The zero-order chi connectivity index (χ0) is 12.6. The van der Waals surface area contributed by atoms with E-state index < -0.39 is 10.0 Å². The van der Waals surface area contributed by atoms with Gasteiger partial charge in [0.05, 0.1) is 4.90 Å². The lowest BCUT2D eigenvalue weighted by Crippen LogP contribution is -2.29. The molecule has 1 aromatic carbocycles. The molecule has 3 nitrogen and oxygen atoms in total. The molecule has 0 N–H and O–H groups in total. The molecule has 0 aliphatic carbocycles. The number of hydrogen-bond donors (Lipinski definition) is 0. The van der Waals surface area contributed by atoms with E-state index in [2.05, 4.69) is 47.8 Å². The second kappa shape index (κ2) is 5.28. The van der Waals surface area contributed by atoms with Gasteiger partial charge in [-0.15, -0.1) is 0 Å². The molecule has 0 aromatic heterocycles. The van der Waals surface area contributed by atoms with Gasteiger partial charge in [0.1, 0.15) is 0 Å². The van der Waals surface area contributed by atoms with Gasteiger partial charge in [-0.3, -0.25) is 0 Å². The van der Waals surface area contributed by atoms with E-state index in [1.54, 1.807) is 18.2 Å². The molecule has 1 heterocycles. The molecule has 0 amide bonds. The Labute approximate surface area is 126 Å². The minimum absolute atomic E-state index is 0.253. The van der Waals surface area contributed by atoms with E-state index in [1.165, 1.54) is 4.31 Å². The van der Waals surface area contributed by atoms with E-state index in [0.717, 1.165) is 10.9 Å². The summed E-state index contributed by atoms with van der Waals surface area (Å²) in [5, 5.41) is 0. The highest BCUT2D eigenvalue weighted by atomic mass is 79.9. The van der Waals surface area contributed by atoms with Crippen molar-refractivity contribution in [2.75, 3.05) is 13.1 Å². The first-order valence-electron chi connectivity index (χ1n) is 5.00. The van der Waals surface area contributed by atoms with Gasteiger partial charge in [0.2, 0.25) is 10.0 Å². The molecule has 1 aromatic rings. The van der Waals surface area contributed by atoms with Crippen LogP contribution in [0.4, 0.5) is 0 Å². The minimum atomic E-state index is -3.40. The van der Waals surface area contributed by atoms with Gasteiger partial charge in [0, 0.05) is 26.9 Å². The zero-order valence-corrected chi connectivity index (χ0v) is 14.3. The van der Waals surface area contributed by atoms with Crippen LogP contribution in [0, 0.1) is 0 Å². The molecular weight excluding hydrogens is 438 g/mol. The van der Waals surface area contributed by atoms with Gasteiger partial charge >= 0.3 is 0 Å². The Balaban J connectivity index is 2.41. The Bertz CT molecular complexity index is 532. The molecule has 0 spiro atoms. The van der Waals surface area contributed by atoms with Crippen LogP contribution in [0.2, 0.25) is 0 Å². The number of alkyl halides is 1. The predicted molar refractivity (Wildman–Crippen MR) is 77.9 cm³/mol. The summed E-state index contributed by atoms with van der Waals surface area (Å²) < 4.78 is 27.7. The Kier molecular flexibility index (Phi) is 4.35. The van der Waals surface area contributed by atoms with Crippen LogP contribution in [0.5, 0.6) is 0 Å². The average Bonchev–Trinajstić information content (AvgIpc) is 2.69. The fourth-order valence-corrected chi connectivity index (χ4v) is 5.43. The van der Waals surface area contributed by atoms with Gasteiger partial charge < -0.3 is 0 Å². The summed E-state index contributed by atoms with van der Waals surface area (Å²) in [5.74, 6) is 0. The normalized spacial score (nSPS) is 21.9. The fourth-order valence-electron chi connectivity index (χ4n) is 1.72. The van der Waals surface area contributed by atoms with E-state index in [9.17, 15) is 8.42 Å². The van der Waals surface area contributed by atoms with E-state index in [-0.39, 0.29) is 4.83 Å². The van der Waals surface area contributed by atoms with Crippen molar-refractivity contribution in [1.29, 1.82) is 0 Å². The van der Waals surface area contributed by atoms with Crippen LogP contribution in [-0.2, 0) is 10.0 Å². The van der Waals surface area contributed by atoms with Gasteiger partial charge in [-0.2, -0.15) is 4.31 Å². The molecule has 1 atom stereocenters. The predicted octanol–water partition coefficient (Wildman–Crippen LogP) is 3.37. The molecule has 1 aliphatic heterocycles. The van der Waals surface area contributed by atoms with Crippen LogP contribution in [0.1, 0.15) is 6.42 Å². The second-order valence-corrected chi connectivity index (χ2v) is 8.80. The molecule has 0 radical (unpaired) electrons. The molecule has 1 aliphatic rings. The van der Waals surface area contributed by atoms with Crippen LogP contribution in [0.15, 0.2) is 32.0 Å². The molecule has 17 heavy (non-hydrogen) atoms. The minimum Gasteiger partial charge on any atom is -0.207 e. The zero-order valence-electron chi connectivity index (χ0n) is 8.74. The average molecular weight is 448 g/mol. The molecule has 0 bridgehead atoms. The van der Waals surface area contributed by atoms with Crippen LogP contribution in [0.25, 0.3) is 0 Å². The highest BCUT2D eigenvalue weighted by Gasteiger charge is 2.32. The maximum Gasteiger partial charge on any atom is 0.244 e. The highest BCUT2D eigenvalue weighted by molar-refractivity contribution is 9.11. The van der Waals surface area contributed by atoms with Gasteiger partial charge in [-0.05, 0) is 40.5 Å². The van der Waals surface area contributed by atoms with E-state index in [0.29, 0.717) is 22.5 Å². The maximum atomic E-state index is 12.4. The lowest BCUT2D eigenvalue weighted by molar-refractivity contribution is 0.478. The monoisotopic (exact) mass is 445 g/mol. The first-order valence-corrected chi connectivity index (χ1v) is 8.94. The lowest BCUT2D eigenvalue weighted by Gasteiger charge is -2.17. The fraction of sp³-hybridized carbons (Fsp3) is 0.400. The molecule has 1 saturated heterocycles. The van der Waals surface area contributed by atoms with Gasteiger partial charge in [-0.25, -0.2) is 8.42 Å². The molecule has 7 heteroatoms. The number of halogens is 3. The third-order valence-corrected chi connectivity index (χ3v) is 6.70. The standard InChI is InChI=1S/C10H10Br3NO2S/c11-7-1-2-9(13)10(5-7)17(15,16)14-4-3-8(12)6-14/h1-2,5,8H,3-4,6H2. The maximum absolute atomic E-state index is 12.4. The Morgan fingerprint density at radius 2 is 2.00 bits per heavy atom. The van der Waals surface area contributed by atoms with Crippen molar-refractivity contribution >= 4 is 57.8 Å². The molecule has 2 rings (SSSR count). The second-order valence-electron chi connectivity index (χ2n) is 3.82. The van der Waals surface area contributed by atoms with E-state index in [1.807, 2.05) is 0 Å². The van der Waals surface area contributed by atoms with Gasteiger partial charge in [-0.1, -0.05) is 31.9 Å². The molecular formula is C10H10Br3NO2S. The summed E-state index contributed by atoms with van der Waals surface area (Å²) in [6, 6.07) is 5.17. The number of rotatable bonds is 2. The van der Waals surface area contributed by atoms with Gasteiger partial charge in [0.15, 0.2) is 0 Å². The number of benzene rings is 1. The number of hydrogen-bond acceptors (Lipinski definition) is 2.